The van der Waals surface area contributed by atoms with E-state index in [0.717, 1.165) is 0 Å². The minimum absolute atomic E-state index is 0.0258. The zero-order valence-corrected chi connectivity index (χ0v) is 10.4. The van der Waals surface area contributed by atoms with E-state index in [4.69, 9.17) is 5.11 Å². The quantitative estimate of drug-likeness (QED) is 0.592. The molecule has 7 heteroatoms. The highest BCUT2D eigenvalue weighted by Crippen LogP contribution is 2.08. The van der Waals surface area contributed by atoms with Crippen LogP contribution in [-0.4, -0.2) is 53.6 Å². The molecule has 0 aromatic heterocycles. The maximum Gasteiger partial charge on any atom is 0.318 e. The molecule has 0 radical (unpaired) electrons. The number of nitrogens with one attached hydrogen (secondary N) is 2. The van der Waals surface area contributed by atoms with Gasteiger partial charge < -0.3 is 20.6 Å². The van der Waals surface area contributed by atoms with Crippen molar-refractivity contribution in [3.05, 3.63) is 0 Å². The van der Waals surface area contributed by atoms with E-state index in [1.807, 2.05) is 6.92 Å². The van der Waals surface area contributed by atoms with Gasteiger partial charge in [0.05, 0.1) is 0 Å². The van der Waals surface area contributed by atoms with Gasteiger partial charge in [-0.1, -0.05) is 6.92 Å². The van der Waals surface area contributed by atoms with E-state index in [-0.39, 0.29) is 18.4 Å². The predicted octanol–water partition coefficient (Wildman–Crippen LogP) is -0.229. The van der Waals surface area contributed by atoms with Crippen molar-refractivity contribution in [2.75, 3.05) is 19.6 Å². The van der Waals surface area contributed by atoms with Gasteiger partial charge in [0.15, 0.2) is 0 Å². The van der Waals surface area contributed by atoms with Crippen molar-refractivity contribution < 1.29 is 19.5 Å². The summed E-state index contributed by atoms with van der Waals surface area (Å²) < 4.78 is 0. The number of piperazine rings is 1. The van der Waals surface area contributed by atoms with Crippen molar-refractivity contribution in [2.24, 2.45) is 0 Å². The second-order valence-corrected chi connectivity index (χ2v) is 4.14. The molecule has 0 aromatic carbocycles. The van der Waals surface area contributed by atoms with Crippen LogP contribution >= 0.6 is 0 Å². The minimum atomic E-state index is -0.881. The maximum absolute atomic E-state index is 11.8. The SMILES string of the molecule is CCC1C(=O)NCCN1C(=O)NCCCC(=O)O. The molecule has 0 aromatic rings. The fourth-order valence-electron chi connectivity index (χ4n) is 1.90. The second-order valence-electron chi connectivity index (χ2n) is 4.14. The topological polar surface area (TPSA) is 98.7 Å². The zero-order valence-electron chi connectivity index (χ0n) is 10.4. The molecular weight excluding hydrogens is 238 g/mol. The summed E-state index contributed by atoms with van der Waals surface area (Å²) in [5.74, 6) is -1.02. The van der Waals surface area contributed by atoms with E-state index in [1.54, 1.807) is 0 Å². The van der Waals surface area contributed by atoms with Crippen LogP contribution < -0.4 is 10.6 Å². The lowest BCUT2D eigenvalue weighted by Crippen LogP contribution is -2.59. The average Bonchev–Trinajstić information content (AvgIpc) is 2.33. The lowest BCUT2D eigenvalue weighted by atomic mass is 10.1. The molecule has 1 aliphatic heterocycles. The van der Waals surface area contributed by atoms with Gasteiger partial charge in [0.1, 0.15) is 6.04 Å². The fourth-order valence-corrected chi connectivity index (χ4v) is 1.90. The van der Waals surface area contributed by atoms with Crippen LogP contribution in [0.3, 0.4) is 0 Å². The third kappa shape index (κ3) is 3.90. The molecule has 0 spiro atoms. The Balaban J connectivity index is 2.39. The molecule has 0 saturated carbocycles. The molecule has 3 N–H and O–H groups in total. The van der Waals surface area contributed by atoms with Crippen LogP contribution in [0, 0.1) is 0 Å². The van der Waals surface area contributed by atoms with Crippen LogP contribution in [0.5, 0.6) is 0 Å². The van der Waals surface area contributed by atoms with Crippen molar-refractivity contribution in [2.45, 2.75) is 32.2 Å². The molecule has 1 atom stereocenters. The number of hydrogen-bond donors (Lipinski definition) is 3. The number of urea groups is 1. The number of nitrogens with zero attached hydrogens (tertiary/aromatic N) is 1. The normalized spacial score (nSPS) is 19.3. The Morgan fingerprint density at radius 3 is 2.89 bits per heavy atom. The van der Waals surface area contributed by atoms with Gasteiger partial charge in [-0.25, -0.2) is 4.79 Å². The molecule has 0 bridgehead atoms. The lowest BCUT2D eigenvalue weighted by molar-refractivity contribution is -0.137. The van der Waals surface area contributed by atoms with Gasteiger partial charge in [0.25, 0.3) is 0 Å². The van der Waals surface area contributed by atoms with Crippen LogP contribution in [-0.2, 0) is 9.59 Å². The number of rotatable bonds is 5. The number of carbonyl (C=O) groups excluding carboxylic acids is 2. The second kappa shape index (κ2) is 6.83. The summed E-state index contributed by atoms with van der Waals surface area (Å²) in [4.78, 5) is 35.2. The molecule has 102 valence electrons. The Bertz CT molecular complexity index is 332. The van der Waals surface area contributed by atoms with E-state index in [1.165, 1.54) is 4.90 Å². The molecular formula is C11H19N3O4. The van der Waals surface area contributed by atoms with Crippen LogP contribution in [0.15, 0.2) is 0 Å². The first kappa shape index (κ1) is 14.3. The number of carboxylic acid groups (broad SMARTS) is 1. The Morgan fingerprint density at radius 1 is 1.56 bits per heavy atom. The summed E-state index contributed by atoms with van der Waals surface area (Å²) in [6.07, 6.45) is 0.976. The fraction of sp³-hybridized carbons (Fsp3) is 0.727. The molecule has 18 heavy (non-hydrogen) atoms. The van der Waals surface area contributed by atoms with Gasteiger partial charge in [0, 0.05) is 26.1 Å². The Labute approximate surface area is 106 Å². The highest BCUT2D eigenvalue weighted by atomic mass is 16.4. The summed E-state index contributed by atoms with van der Waals surface area (Å²) in [7, 11) is 0. The molecule has 1 fully saturated rings. The van der Waals surface area contributed by atoms with Gasteiger partial charge in [-0.2, -0.15) is 0 Å². The Morgan fingerprint density at radius 2 is 2.28 bits per heavy atom. The number of amides is 3. The lowest BCUT2D eigenvalue weighted by Gasteiger charge is -2.34. The minimum Gasteiger partial charge on any atom is -0.481 e. The number of carbonyl (C=O) groups is 3. The standard InChI is InChI=1S/C11H19N3O4/c1-2-8-10(17)12-6-7-14(8)11(18)13-5-3-4-9(15)16/h8H,2-7H2,1H3,(H,12,17)(H,13,18)(H,15,16). The number of aliphatic carboxylic acids is 1. The largest absolute Gasteiger partial charge is 0.481 e. The molecule has 1 unspecified atom stereocenters. The summed E-state index contributed by atoms with van der Waals surface area (Å²) in [5, 5.41) is 13.8. The maximum atomic E-state index is 11.8. The van der Waals surface area contributed by atoms with Gasteiger partial charge in [-0.3, -0.25) is 9.59 Å². The van der Waals surface area contributed by atoms with E-state index >= 15 is 0 Å². The summed E-state index contributed by atoms with van der Waals surface area (Å²) >= 11 is 0. The monoisotopic (exact) mass is 257 g/mol. The molecule has 1 saturated heterocycles. The van der Waals surface area contributed by atoms with Crippen LogP contribution in [0.4, 0.5) is 4.79 Å². The Hall–Kier alpha value is -1.79. The molecule has 1 heterocycles. The van der Waals surface area contributed by atoms with Crippen molar-refractivity contribution in [1.29, 1.82) is 0 Å². The molecule has 0 aliphatic carbocycles. The molecule has 1 rings (SSSR count). The molecule has 3 amide bonds. The third-order valence-corrected chi connectivity index (χ3v) is 2.82. The van der Waals surface area contributed by atoms with Crippen LogP contribution in [0.25, 0.3) is 0 Å². The molecule has 1 aliphatic rings. The zero-order chi connectivity index (χ0) is 13.5. The van der Waals surface area contributed by atoms with Crippen LogP contribution in [0.2, 0.25) is 0 Å². The Kier molecular flexibility index (Phi) is 5.41. The van der Waals surface area contributed by atoms with E-state index in [2.05, 4.69) is 10.6 Å². The van der Waals surface area contributed by atoms with Gasteiger partial charge in [-0.15, -0.1) is 0 Å². The smallest absolute Gasteiger partial charge is 0.318 e. The van der Waals surface area contributed by atoms with E-state index in [0.29, 0.717) is 32.5 Å². The first-order valence-electron chi connectivity index (χ1n) is 6.10. The summed E-state index contributed by atoms with van der Waals surface area (Å²) in [5.41, 5.74) is 0. The molecule has 7 nitrogen and oxygen atoms in total. The van der Waals surface area contributed by atoms with Crippen LogP contribution in [0.1, 0.15) is 26.2 Å². The van der Waals surface area contributed by atoms with Crippen molar-refractivity contribution >= 4 is 17.9 Å². The number of carboxylic acids is 1. The third-order valence-electron chi connectivity index (χ3n) is 2.82. The van der Waals surface area contributed by atoms with Gasteiger partial charge in [-0.05, 0) is 12.8 Å². The van der Waals surface area contributed by atoms with Gasteiger partial charge >= 0.3 is 12.0 Å². The summed E-state index contributed by atoms with van der Waals surface area (Å²) in [6, 6.07) is -0.736. The van der Waals surface area contributed by atoms with Crippen molar-refractivity contribution in [3.8, 4) is 0 Å². The highest BCUT2D eigenvalue weighted by Gasteiger charge is 2.31. The predicted molar refractivity (Wildman–Crippen MR) is 64.1 cm³/mol. The average molecular weight is 257 g/mol. The first-order valence-corrected chi connectivity index (χ1v) is 6.10. The number of hydrogen-bond acceptors (Lipinski definition) is 3. The van der Waals surface area contributed by atoms with Crippen molar-refractivity contribution in [3.63, 3.8) is 0 Å². The summed E-state index contributed by atoms with van der Waals surface area (Å²) in [6.45, 7) is 3.09. The first-order chi connectivity index (χ1) is 8.56. The highest BCUT2D eigenvalue weighted by molar-refractivity contribution is 5.88. The van der Waals surface area contributed by atoms with Crippen molar-refractivity contribution in [1.82, 2.24) is 15.5 Å². The van der Waals surface area contributed by atoms with E-state index in [9.17, 15) is 14.4 Å². The van der Waals surface area contributed by atoms with Gasteiger partial charge in [0.2, 0.25) is 5.91 Å². The van der Waals surface area contributed by atoms with E-state index < -0.39 is 12.0 Å².